The van der Waals surface area contributed by atoms with E-state index in [1.807, 2.05) is 11.8 Å². The van der Waals surface area contributed by atoms with E-state index >= 15 is 0 Å². The molecular formula is C16H17ClFN3O3S. The molecule has 0 saturated carbocycles. The van der Waals surface area contributed by atoms with Crippen molar-refractivity contribution < 1.29 is 17.5 Å². The van der Waals surface area contributed by atoms with Crippen LogP contribution < -0.4 is 4.90 Å². The third-order valence-corrected chi connectivity index (χ3v) is 5.27. The number of nitrogens with zero attached hydrogens (tertiary/aromatic N) is 3. The van der Waals surface area contributed by atoms with E-state index in [0.717, 1.165) is 18.4 Å². The van der Waals surface area contributed by atoms with Gasteiger partial charge in [-0.1, -0.05) is 11.6 Å². The highest BCUT2D eigenvalue weighted by molar-refractivity contribution is 7.90. The molecule has 0 spiro atoms. The van der Waals surface area contributed by atoms with Crippen molar-refractivity contribution in [3.63, 3.8) is 0 Å². The maximum absolute atomic E-state index is 13.7. The summed E-state index contributed by atoms with van der Waals surface area (Å²) in [6.45, 7) is 3.61. The minimum Gasteiger partial charge on any atom is -0.377 e. The lowest BCUT2D eigenvalue weighted by Gasteiger charge is -2.33. The van der Waals surface area contributed by atoms with Gasteiger partial charge in [0.05, 0.1) is 29.8 Å². The second-order valence-corrected chi connectivity index (χ2v) is 8.28. The van der Waals surface area contributed by atoms with Crippen molar-refractivity contribution in [3.8, 4) is 11.3 Å². The number of ether oxygens (including phenoxy) is 1. The standard InChI is InChI=1S/C16H17ClFN3O3S/c1-10-9-24-6-5-21(10)16-19-13(8-15(17)20-16)12-7-11(18)3-4-14(12)25(2,22)23/h3-4,7-8,10H,5-6,9H2,1-2H3/t10-/m0/s1. The minimum atomic E-state index is -3.56. The van der Waals surface area contributed by atoms with Crippen LogP contribution in [0.1, 0.15) is 6.92 Å². The Morgan fingerprint density at radius 1 is 1.32 bits per heavy atom. The summed E-state index contributed by atoms with van der Waals surface area (Å²) in [7, 11) is -3.56. The van der Waals surface area contributed by atoms with E-state index in [-0.39, 0.29) is 27.3 Å². The Kier molecular flexibility index (Phi) is 4.95. The van der Waals surface area contributed by atoms with E-state index in [0.29, 0.717) is 25.7 Å². The van der Waals surface area contributed by atoms with Crippen molar-refractivity contribution in [2.75, 3.05) is 30.9 Å². The fourth-order valence-corrected chi connectivity index (χ4v) is 3.78. The van der Waals surface area contributed by atoms with E-state index in [4.69, 9.17) is 16.3 Å². The van der Waals surface area contributed by atoms with E-state index in [9.17, 15) is 12.8 Å². The van der Waals surface area contributed by atoms with Gasteiger partial charge in [0.1, 0.15) is 11.0 Å². The molecule has 0 aliphatic carbocycles. The Bertz CT molecular complexity index is 907. The molecule has 2 heterocycles. The maximum Gasteiger partial charge on any atom is 0.227 e. The molecule has 9 heteroatoms. The second kappa shape index (κ2) is 6.86. The van der Waals surface area contributed by atoms with Crippen LogP contribution in [0.4, 0.5) is 10.3 Å². The summed E-state index contributed by atoms with van der Waals surface area (Å²) in [6.07, 6.45) is 1.07. The fourth-order valence-electron chi connectivity index (χ4n) is 2.72. The van der Waals surface area contributed by atoms with Crippen molar-refractivity contribution >= 4 is 27.4 Å². The van der Waals surface area contributed by atoms with Crippen LogP contribution >= 0.6 is 11.6 Å². The molecule has 1 aliphatic heterocycles. The Morgan fingerprint density at radius 3 is 2.76 bits per heavy atom. The molecule has 1 aromatic heterocycles. The van der Waals surface area contributed by atoms with Crippen molar-refractivity contribution in [2.45, 2.75) is 17.9 Å². The van der Waals surface area contributed by atoms with Gasteiger partial charge in [0, 0.05) is 24.4 Å². The summed E-state index contributed by atoms with van der Waals surface area (Å²) in [5.41, 5.74) is 0.419. The summed E-state index contributed by atoms with van der Waals surface area (Å²) >= 11 is 6.12. The van der Waals surface area contributed by atoms with Gasteiger partial charge in [-0.25, -0.2) is 22.8 Å². The van der Waals surface area contributed by atoms with Crippen LogP contribution in [0.5, 0.6) is 0 Å². The topological polar surface area (TPSA) is 72.4 Å². The number of anilines is 1. The average Bonchev–Trinajstić information content (AvgIpc) is 2.53. The SMILES string of the molecule is C[C@H]1COCCN1c1nc(Cl)cc(-c2cc(F)ccc2S(C)(=O)=O)n1. The predicted octanol–water partition coefficient (Wildman–Crippen LogP) is 2.56. The molecule has 2 aromatic rings. The molecule has 1 aromatic carbocycles. The molecule has 0 bridgehead atoms. The molecule has 1 fully saturated rings. The predicted molar refractivity (Wildman–Crippen MR) is 93.2 cm³/mol. The van der Waals surface area contributed by atoms with Crippen LogP contribution in [0, 0.1) is 5.82 Å². The van der Waals surface area contributed by atoms with Crippen molar-refractivity contribution in [3.05, 3.63) is 35.2 Å². The Balaban J connectivity index is 2.14. The number of morpholine rings is 1. The zero-order valence-corrected chi connectivity index (χ0v) is 15.3. The number of benzene rings is 1. The Morgan fingerprint density at radius 2 is 2.08 bits per heavy atom. The molecule has 25 heavy (non-hydrogen) atoms. The van der Waals surface area contributed by atoms with Gasteiger partial charge in [-0.05, 0) is 25.1 Å². The lowest BCUT2D eigenvalue weighted by atomic mass is 10.1. The summed E-state index contributed by atoms with van der Waals surface area (Å²) in [5, 5.41) is 0.155. The average molecular weight is 386 g/mol. The quantitative estimate of drug-likeness (QED) is 0.597. The largest absolute Gasteiger partial charge is 0.377 e. The van der Waals surface area contributed by atoms with Crippen molar-refractivity contribution in [1.29, 1.82) is 0 Å². The molecular weight excluding hydrogens is 369 g/mol. The lowest BCUT2D eigenvalue weighted by molar-refractivity contribution is 0.0981. The van der Waals surface area contributed by atoms with E-state index in [2.05, 4.69) is 9.97 Å². The highest BCUT2D eigenvalue weighted by atomic mass is 35.5. The van der Waals surface area contributed by atoms with Crippen LogP contribution in [0.25, 0.3) is 11.3 Å². The van der Waals surface area contributed by atoms with Gasteiger partial charge in [0.2, 0.25) is 5.95 Å². The first-order chi connectivity index (χ1) is 11.8. The highest BCUT2D eigenvalue weighted by Crippen LogP contribution is 2.30. The van der Waals surface area contributed by atoms with Crippen LogP contribution in [0.3, 0.4) is 0 Å². The molecule has 0 N–H and O–H groups in total. The highest BCUT2D eigenvalue weighted by Gasteiger charge is 2.24. The van der Waals surface area contributed by atoms with Gasteiger partial charge in [-0.15, -0.1) is 0 Å². The Hall–Kier alpha value is -1.77. The first-order valence-electron chi connectivity index (χ1n) is 7.64. The summed E-state index contributed by atoms with van der Waals surface area (Å²) in [5.74, 6) is -0.194. The number of sulfone groups is 1. The molecule has 0 amide bonds. The molecule has 0 radical (unpaired) electrons. The first-order valence-corrected chi connectivity index (χ1v) is 9.91. The lowest BCUT2D eigenvalue weighted by Crippen LogP contribution is -2.44. The monoisotopic (exact) mass is 385 g/mol. The van der Waals surface area contributed by atoms with E-state index < -0.39 is 15.7 Å². The molecule has 1 atom stereocenters. The number of hydrogen-bond acceptors (Lipinski definition) is 6. The maximum atomic E-state index is 13.7. The molecule has 3 rings (SSSR count). The van der Waals surface area contributed by atoms with Crippen LogP contribution in [-0.4, -0.2) is 50.4 Å². The third-order valence-electron chi connectivity index (χ3n) is 3.92. The van der Waals surface area contributed by atoms with Gasteiger partial charge in [0.25, 0.3) is 0 Å². The smallest absolute Gasteiger partial charge is 0.227 e. The van der Waals surface area contributed by atoms with Crippen molar-refractivity contribution in [1.82, 2.24) is 9.97 Å². The molecule has 6 nitrogen and oxygen atoms in total. The number of rotatable bonds is 3. The van der Waals surface area contributed by atoms with Crippen LogP contribution in [-0.2, 0) is 14.6 Å². The summed E-state index contributed by atoms with van der Waals surface area (Å²) < 4.78 is 43.2. The van der Waals surface area contributed by atoms with E-state index in [1.165, 1.54) is 12.1 Å². The third kappa shape index (κ3) is 3.91. The summed E-state index contributed by atoms with van der Waals surface area (Å²) in [6, 6.07) is 4.95. The summed E-state index contributed by atoms with van der Waals surface area (Å²) in [4.78, 5) is 10.6. The fraction of sp³-hybridized carbons (Fsp3) is 0.375. The molecule has 0 unspecified atom stereocenters. The van der Waals surface area contributed by atoms with Gasteiger partial charge >= 0.3 is 0 Å². The Labute approximate surface area is 150 Å². The normalized spacial score (nSPS) is 18.4. The van der Waals surface area contributed by atoms with Crippen LogP contribution in [0.15, 0.2) is 29.2 Å². The van der Waals surface area contributed by atoms with Crippen LogP contribution in [0.2, 0.25) is 5.15 Å². The van der Waals surface area contributed by atoms with Gasteiger partial charge in [-0.2, -0.15) is 0 Å². The van der Waals surface area contributed by atoms with Gasteiger partial charge in [-0.3, -0.25) is 0 Å². The molecule has 1 saturated heterocycles. The van der Waals surface area contributed by atoms with E-state index in [1.54, 1.807) is 0 Å². The number of halogens is 2. The zero-order chi connectivity index (χ0) is 18.2. The van der Waals surface area contributed by atoms with Gasteiger partial charge < -0.3 is 9.64 Å². The number of hydrogen-bond donors (Lipinski definition) is 0. The zero-order valence-electron chi connectivity index (χ0n) is 13.7. The molecule has 1 aliphatic rings. The van der Waals surface area contributed by atoms with Gasteiger partial charge in [0.15, 0.2) is 9.84 Å². The first kappa shape index (κ1) is 18.0. The second-order valence-electron chi connectivity index (χ2n) is 5.91. The molecule has 134 valence electrons. The minimum absolute atomic E-state index is 0.00959. The number of aromatic nitrogens is 2. The van der Waals surface area contributed by atoms with Crippen molar-refractivity contribution in [2.24, 2.45) is 0 Å².